The Balaban J connectivity index is 1.72. The lowest BCUT2D eigenvalue weighted by atomic mass is 10.2. The maximum Gasteiger partial charge on any atom is 0.341 e. The van der Waals surface area contributed by atoms with Gasteiger partial charge < -0.3 is 9.26 Å². The lowest BCUT2D eigenvalue weighted by Gasteiger charge is -2.05. The summed E-state index contributed by atoms with van der Waals surface area (Å²) in [6.07, 6.45) is 0. The Morgan fingerprint density at radius 2 is 1.67 bits per heavy atom. The molecule has 1 heterocycles. The van der Waals surface area contributed by atoms with Crippen LogP contribution in [0.4, 0.5) is 0 Å². The highest BCUT2D eigenvalue weighted by molar-refractivity contribution is 6.39. The SMILES string of the molecule is O=C(OCc1nc(-c2ccccc2Cl)no1)c1c(Cl)cccc1Cl. The van der Waals surface area contributed by atoms with Crippen molar-refractivity contribution < 1.29 is 14.1 Å². The van der Waals surface area contributed by atoms with Crippen molar-refractivity contribution in [3.63, 3.8) is 0 Å². The van der Waals surface area contributed by atoms with E-state index >= 15 is 0 Å². The highest BCUT2D eigenvalue weighted by Crippen LogP contribution is 2.26. The van der Waals surface area contributed by atoms with Crippen LogP contribution >= 0.6 is 34.8 Å². The first-order valence-electron chi connectivity index (χ1n) is 6.75. The molecule has 0 radical (unpaired) electrons. The van der Waals surface area contributed by atoms with Gasteiger partial charge in [-0.1, -0.05) is 58.2 Å². The Kier molecular flexibility index (Phi) is 5.04. The number of rotatable bonds is 4. The number of halogens is 3. The molecule has 0 amide bonds. The highest BCUT2D eigenvalue weighted by atomic mass is 35.5. The molecule has 0 aliphatic carbocycles. The molecule has 0 aliphatic rings. The Hall–Kier alpha value is -2.08. The van der Waals surface area contributed by atoms with Crippen molar-refractivity contribution in [2.45, 2.75) is 6.61 Å². The first-order chi connectivity index (χ1) is 11.6. The average Bonchev–Trinajstić information content (AvgIpc) is 3.02. The summed E-state index contributed by atoms with van der Waals surface area (Å²) in [5.74, 6) is -0.244. The molecule has 24 heavy (non-hydrogen) atoms. The number of carbonyl (C=O) groups is 1. The van der Waals surface area contributed by atoms with Gasteiger partial charge in [-0.25, -0.2) is 4.79 Å². The van der Waals surface area contributed by atoms with E-state index in [2.05, 4.69) is 10.1 Å². The predicted molar refractivity (Wildman–Crippen MR) is 90.3 cm³/mol. The summed E-state index contributed by atoms with van der Waals surface area (Å²) in [7, 11) is 0. The minimum Gasteiger partial charge on any atom is -0.452 e. The van der Waals surface area contributed by atoms with Gasteiger partial charge in [0, 0.05) is 5.56 Å². The zero-order valence-electron chi connectivity index (χ0n) is 12.0. The van der Waals surface area contributed by atoms with Gasteiger partial charge in [-0.05, 0) is 24.3 Å². The summed E-state index contributed by atoms with van der Waals surface area (Å²) in [5.41, 5.74) is 0.710. The molecule has 8 heteroatoms. The van der Waals surface area contributed by atoms with Gasteiger partial charge in [0.15, 0.2) is 6.61 Å². The summed E-state index contributed by atoms with van der Waals surface area (Å²) in [5, 5.41) is 4.72. The van der Waals surface area contributed by atoms with Crippen LogP contribution in [0.3, 0.4) is 0 Å². The second kappa shape index (κ2) is 7.21. The molecule has 0 saturated carbocycles. The van der Waals surface area contributed by atoms with Crippen molar-refractivity contribution in [1.29, 1.82) is 0 Å². The van der Waals surface area contributed by atoms with Crippen molar-refractivity contribution in [1.82, 2.24) is 10.1 Å². The molecular formula is C16H9Cl3N2O3. The zero-order chi connectivity index (χ0) is 17.1. The van der Waals surface area contributed by atoms with Gasteiger partial charge in [0.05, 0.1) is 20.6 Å². The fourth-order valence-electron chi connectivity index (χ4n) is 1.96. The molecule has 0 fully saturated rings. The van der Waals surface area contributed by atoms with E-state index in [1.165, 1.54) is 0 Å². The molecule has 5 nitrogen and oxygen atoms in total. The second-order valence-electron chi connectivity index (χ2n) is 4.66. The number of hydrogen-bond donors (Lipinski definition) is 0. The Morgan fingerprint density at radius 1 is 1.00 bits per heavy atom. The van der Waals surface area contributed by atoms with Crippen LogP contribution in [0, 0.1) is 0 Å². The maximum atomic E-state index is 12.1. The van der Waals surface area contributed by atoms with Crippen LogP contribution in [0.2, 0.25) is 15.1 Å². The third kappa shape index (κ3) is 3.53. The molecule has 0 aliphatic heterocycles. The molecule has 3 aromatic rings. The zero-order valence-corrected chi connectivity index (χ0v) is 14.3. The van der Waals surface area contributed by atoms with Crippen LogP contribution in [-0.4, -0.2) is 16.1 Å². The van der Waals surface area contributed by atoms with Gasteiger partial charge >= 0.3 is 5.97 Å². The van der Waals surface area contributed by atoms with E-state index < -0.39 is 5.97 Å². The van der Waals surface area contributed by atoms with Gasteiger partial charge in [0.1, 0.15) is 0 Å². The van der Waals surface area contributed by atoms with Crippen LogP contribution < -0.4 is 0 Å². The normalized spacial score (nSPS) is 10.6. The Morgan fingerprint density at radius 3 is 2.38 bits per heavy atom. The van der Waals surface area contributed by atoms with Gasteiger partial charge in [-0.15, -0.1) is 0 Å². The van der Waals surface area contributed by atoms with E-state index in [0.717, 1.165) is 0 Å². The summed E-state index contributed by atoms with van der Waals surface area (Å²) in [6, 6.07) is 11.8. The number of ether oxygens (including phenoxy) is 1. The average molecular weight is 384 g/mol. The molecule has 0 atom stereocenters. The molecule has 1 aromatic heterocycles. The molecule has 0 saturated heterocycles. The van der Waals surface area contributed by atoms with Crippen LogP contribution in [-0.2, 0) is 11.3 Å². The summed E-state index contributed by atoms with van der Waals surface area (Å²) < 4.78 is 10.2. The van der Waals surface area contributed by atoms with Crippen LogP contribution in [0.15, 0.2) is 47.0 Å². The molecular weight excluding hydrogens is 375 g/mol. The number of hydrogen-bond acceptors (Lipinski definition) is 5. The lowest BCUT2D eigenvalue weighted by molar-refractivity contribution is 0.0430. The molecule has 0 spiro atoms. The summed E-state index contributed by atoms with van der Waals surface area (Å²) >= 11 is 18.0. The Labute approximate surface area is 152 Å². The molecule has 0 N–H and O–H groups in total. The van der Waals surface area contributed by atoms with Crippen molar-refractivity contribution in [2.75, 3.05) is 0 Å². The number of benzene rings is 2. The van der Waals surface area contributed by atoms with E-state index in [1.54, 1.807) is 42.5 Å². The molecule has 0 unspecified atom stereocenters. The standard InChI is InChI=1S/C16H9Cl3N2O3/c17-10-5-2-1-4-9(10)15-20-13(24-21-15)8-23-16(22)14-11(18)6-3-7-12(14)19/h1-7H,8H2. The van der Waals surface area contributed by atoms with E-state index in [9.17, 15) is 4.79 Å². The first-order valence-corrected chi connectivity index (χ1v) is 7.88. The lowest BCUT2D eigenvalue weighted by Crippen LogP contribution is -2.07. The molecule has 2 aromatic carbocycles. The smallest absolute Gasteiger partial charge is 0.341 e. The van der Waals surface area contributed by atoms with E-state index in [0.29, 0.717) is 16.4 Å². The van der Waals surface area contributed by atoms with Crippen molar-refractivity contribution in [2.24, 2.45) is 0 Å². The van der Waals surface area contributed by atoms with Crippen molar-refractivity contribution in [3.8, 4) is 11.4 Å². The monoisotopic (exact) mass is 382 g/mol. The van der Waals surface area contributed by atoms with E-state index in [4.69, 9.17) is 44.1 Å². The fourth-order valence-corrected chi connectivity index (χ4v) is 2.73. The third-order valence-corrected chi connectivity index (χ3v) is 4.04. The molecule has 0 bridgehead atoms. The fraction of sp³-hybridized carbons (Fsp3) is 0.0625. The predicted octanol–water partition coefficient (Wildman–Crippen LogP) is 5.05. The number of nitrogens with zero attached hydrogens (tertiary/aromatic N) is 2. The van der Waals surface area contributed by atoms with Gasteiger partial charge in [-0.3, -0.25) is 0 Å². The van der Waals surface area contributed by atoms with E-state index in [1.807, 2.05) is 0 Å². The van der Waals surface area contributed by atoms with Crippen molar-refractivity contribution in [3.05, 3.63) is 69.0 Å². The van der Waals surface area contributed by atoms with E-state index in [-0.39, 0.29) is 28.1 Å². The topological polar surface area (TPSA) is 65.2 Å². The minimum absolute atomic E-state index is 0.0895. The first kappa shape index (κ1) is 16.8. The maximum absolute atomic E-state index is 12.1. The van der Waals surface area contributed by atoms with Crippen LogP contribution in [0.5, 0.6) is 0 Å². The van der Waals surface area contributed by atoms with Crippen molar-refractivity contribution >= 4 is 40.8 Å². The van der Waals surface area contributed by atoms with Gasteiger partial charge in [-0.2, -0.15) is 4.98 Å². The number of carbonyl (C=O) groups excluding carboxylic acids is 1. The quantitative estimate of drug-likeness (QED) is 0.590. The van der Waals surface area contributed by atoms with Gasteiger partial charge in [0.2, 0.25) is 5.82 Å². The number of aromatic nitrogens is 2. The van der Waals surface area contributed by atoms with Crippen LogP contribution in [0.1, 0.15) is 16.2 Å². The summed E-state index contributed by atoms with van der Waals surface area (Å²) in [4.78, 5) is 16.2. The molecule has 122 valence electrons. The van der Waals surface area contributed by atoms with Crippen LogP contribution in [0.25, 0.3) is 11.4 Å². The van der Waals surface area contributed by atoms with Gasteiger partial charge in [0.25, 0.3) is 5.89 Å². The highest BCUT2D eigenvalue weighted by Gasteiger charge is 2.18. The second-order valence-corrected chi connectivity index (χ2v) is 5.89. The minimum atomic E-state index is -0.678. The third-order valence-electron chi connectivity index (χ3n) is 3.08. The summed E-state index contributed by atoms with van der Waals surface area (Å²) in [6.45, 7) is -0.210. The molecule has 3 rings (SSSR count). The Bertz CT molecular complexity index is 876. The number of esters is 1. The largest absolute Gasteiger partial charge is 0.452 e.